The Hall–Kier alpha value is -1.60. The Morgan fingerprint density at radius 2 is 1.87 bits per heavy atom. The molecule has 1 heteroatoms. The Morgan fingerprint density at radius 1 is 1.07 bits per heavy atom. The van der Waals surface area contributed by atoms with E-state index in [1.165, 1.54) is 27.5 Å². The molecule has 3 rings (SSSR count). The largest absolute Gasteiger partial charge is 0.316 e. The van der Waals surface area contributed by atoms with Crippen LogP contribution in [0.15, 0.2) is 36.4 Å². The number of benzene rings is 2. The third-order valence-electron chi connectivity index (χ3n) is 2.98. The van der Waals surface area contributed by atoms with Gasteiger partial charge in [-0.1, -0.05) is 36.4 Å². The van der Waals surface area contributed by atoms with Gasteiger partial charge in [-0.05, 0) is 40.6 Å². The second kappa shape index (κ2) is 3.21. The summed E-state index contributed by atoms with van der Waals surface area (Å²) < 4.78 is 0. The molecule has 15 heavy (non-hydrogen) atoms. The van der Waals surface area contributed by atoms with Gasteiger partial charge in [-0.15, -0.1) is 0 Å². The van der Waals surface area contributed by atoms with Gasteiger partial charge in [0, 0.05) is 6.54 Å². The first-order valence-electron chi connectivity index (χ1n) is 5.27. The highest BCUT2D eigenvalue weighted by atomic mass is 14.8. The van der Waals surface area contributed by atoms with Crippen LogP contribution in [0, 0.1) is 0 Å². The van der Waals surface area contributed by atoms with Crippen LogP contribution in [0.4, 0.5) is 0 Å². The van der Waals surface area contributed by atoms with E-state index in [4.69, 9.17) is 0 Å². The molecule has 1 aliphatic carbocycles. The third kappa shape index (κ3) is 1.20. The maximum absolute atomic E-state index is 3.22. The quantitative estimate of drug-likeness (QED) is 0.777. The first-order chi connectivity index (χ1) is 7.40. The van der Waals surface area contributed by atoms with Crippen LogP contribution in [0.25, 0.3) is 22.4 Å². The second-order valence-electron chi connectivity index (χ2n) is 3.95. The van der Waals surface area contributed by atoms with E-state index in [1.807, 2.05) is 7.05 Å². The number of rotatable bonds is 2. The predicted molar refractivity (Wildman–Crippen MR) is 65.7 cm³/mol. The molecule has 0 fully saturated rings. The molecule has 0 unspecified atom stereocenters. The Morgan fingerprint density at radius 3 is 2.67 bits per heavy atom. The van der Waals surface area contributed by atoms with Crippen molar-refractivity contribution in [3.8, 4) is 0 Å². The molecule has 0 radical (unpaired) electrons. The van der Waals surface area contributed by atoms with Gasteiger partial charge in [0.1, 0.15) is 0 Å². The third-order valence-corrected chi connectivity index (χ3v) is 2.98. The fourth-order valence-electron chi connectivity index (χ4n) is 2.36. The van der Waals surface area contributed by atoms with Gasteiger partial charge in [0.25, 0.3) is 0 Å². The van der Waals surface area contributed by atoms with Gasteiger partial charge < -0.3 is 5.32 Å². The normalized spacial score (nSPS) is 13.3. The van der Waals surface area contributed by atoms with Crippen molar-refractivity contribution in [1.82, 2.24) is 5.32 Å². The zero-order chi connectivity index (χ0) is 10.3. The van der Waals surface area contributed by atoms with Crippen LogP contribution in [0.5, 0.6) is 0 Å². The minimum absolute atomic E-state index is 0.938. The maximum atomic E-state index is 3.22. The van der Waals surface area contributed by atoms with E-state index in [0.717, 1.165) is 6.54 Å². The highest BCUT2D eigenvalue weighted by molar-refractivity contribution is 6.09. The Kier molecular flexibility index (Phi) is 1.86. The van der Waals surface area contributed by atoms with Crippen LogP contribution in [-0.4, -0.2) is 13.6 Å². The summed E-state index contributed by atoms with van der Waals surface area (Å²) in [5.74, 6) is 0. The zero-order valence-electron chi connectivity index (χ0n) is 8.75. The van der Waals surface area contributed by atoms with E-state index in [1.54, 1.807) is 0 Å². The van der Waals surface area contributed by atoms with Gasteiger partial charge in [0.05, 0.1) is 0 Å². The lowest BCUT2D eigenvalue weighted by atomic mass is 10.0. The number of hydrogen-bond acceptors (Lipinski definition) is 1. The Bertz CT molecular complexity index is 547. The standard InChI is InChI=1S/C14H13N/c1-15-9-12-8-11-6-2-4-10-5-3-7-13(12)14(10)11/h2-8,15H,9H2,1H3. The molecule has 1 N–H and O–H groups in total. The summed E-state index contributed by atoms with van der Waals surface area (Å²) in [7, 11) is 1.99. The lowest BCUT2D eigenvalue weighted by molar-refractivity contribution is 0.935. The summed E-state index contributed by atoms with van der Waals surface area (Å²) in [5, 5.41) is 5.97. The lowest BCUT2D eigenvalue weighted by Crippen LogP contribution is -2.08. The fraction of sp³-hybridized carbons (Fsp3) is 0.143. The topological polar surface area (TPSA) is 12.0 Å². The Labute approximate surface area is 89.4 Å². The zero-order valence-corrected chi connectivity index (χ0v) is 8.75. The molecule has 0 heterocycles. The average molecular weight is 195 g/mol. The number of hydrogen-bond donors (Lipinski definition) is 1. The molecule has 2 aromatic rings. The molecule has 0 saturated heterocycles. The van der Waals surface area contributed by atoms with Crippen LogP contribution in [-0.2, 0) is 0 Å². The van der Waals surface area contributed by atoms with E-state index in [2.05, 4.69) is 47.8 Å². The van der Waals surface area contributed by atoms with Crippen LogP contribution in [0.3, 0.4) is 0 Å². The molecule has 0 bridgehead atoms. The summed E-state index contributed by atoms with van der Waals surface area (Å²) in [5.41, 5.74) is 4.13. The van der Waals surface area contributed by atoms with Gasteiger partial charge in [0.2, 0.25) is 0 Å². The molecular formula is C14H13N. The molecule has 0 spiro atoms. The van der Waals surface area contributed by atoms with Crippen molar-refractivity contribution in [1.29, 1.82) is 0 Å². The average Bonchev–Trinajstić information content (AvgIpc) is 2.61. The smallest absolute Gasteiger partial charge is 0.0208 e. The van der Waals surface area contributed by atoms with Crippen molar-refractivity contribution in [3.63, 3.8) is 0 Å². The van der Waals surface area contributed by atoms with Crippen molar-refractivity contribution in [2.75, 3.05) is 13.6 Å². The Balaban J connectivity index is 2.30. The molecule has 0 aliphatic heterocycles. The molecule has 1 aliphatic rings. The summed E-state index contributed by atoms with van der Waals surface area (Å²) in [6.07, 6.45) is 2.29. The van der Waals surface area contributed by atoms with E-state index in [-0.39, 0.29) is 0 Å². The maximum Gasteiger partial charge on any atom is 0.0208 e. The minimum atomic E-state index is 0.938. The van der Waals surface area contributed by atoms with Crippen molar-refractivity contribution in [2.24, 2.45) is 0 Å². The van der Waals surface area contributed by atoms with E-state index < -0.39 is 0 Å². The molecule has 2 aromatic carbocycles. The fourth-order valence-corrected chi connectivity index (χ4v) is 2.36. The number of likely N-dealkylation sites (N-methyl/N-ethyl adjacent to an activating group) is 1. The van der Waals surface area contributed by atoms with E-state index in [0.29, 0.717) is 0 Å². The first-order valence-corrected chi connectivity index (χ1v) is 5.27. The summed E-state index contributed by atoms with van der Waals surface area (Å²) in [6, 6.07) is 13.0. The minimum Gasteiger partial charge on any atom is -0.316 e. The second-order valence-corrected chi connectivity index (χ2v) is 3.95. The van der Waals surface area contributed by atoms with Crippen LogP contribution >= 0.6 is 0 Å². The van der Waals surface area contributed by atoms with E-state index >= 15 is 0 Å². The molecule has 74 valence electrons. The monoisotopic (exact) mass is 195 g/mol. The van der Waals surface area contributed by atoms with Gasteiger partial charge in [-0.3, -0.25) is 0 Å². The van der Waals surface area contributed by atoms with Crippen molar-refractivity contribution >= 4 is 22.4 Å². The summed E-state index contributed by atoms with van der Waals surface area (Å²) in [4.78, 5) is 0. The van der Waals surface area contributed by atoms with Crippen LogP contribution < -0.4 is 5.32 Å². The van der Waals surface area contributed by atoms with E-state index in [9.17, 15) is 0 Å². The molecule has 0 atom stereocenters. The summed E-state index contributed by atoms with van der Waals surface area (Å²) >= 11 is 0. The predicted octanol–water partition coefficient (Wildman–Crippen LogP) is 2.91. The van der Waals surface area contributed by atoms with Gasteiger partial charge in [0.15, 0.2) is 0 Å². The highest BCUT2D eigenvalue weighted by Crippen LogP contribution is 2.35. The molecular weight excluding hydrogens is 182 g/mol. The lowest BCUT2D eigenvalue weighted by Gasteiger charge is -2.04. The molecule has 0 aromatic heterocycles. The van der Waals surface area contributed by atoms with Gasteiger partial charge in [-0.25, -0.2) is 0 Å². The van der Waals surface area contributed by atoms with Gasteiger partial charge >= 0.3 is 0 Å². The first kappa shape index (κ1) is 8.69. The van der Waals surface area contributed by atoms with Gasteiger partial charge in [-0.2, -0.15) is 0 Å². The summed E-state index contributed by atoms with van der Waals surface area (Å²) in [6.45, 7) is 0.938. The SMILES string of the molecule is CNCC1=Cc2cccc3cccc1c23. The van der Waals surface area contributed by atoms with Crippen molar-refractivity contribution in [2.45, 2.75) is 0 Å². The highest BCUT2D eigenvalue weighted by Gasteiger charge is 2.14. The molecule has 0 amide bonds. The molecule has 1 nitrogen and oxygen atoms in total. The van der Waals surface area contributed by atoms with Crippen LogP contribution in [0.2, 0.25) is 0 Å². The van der Waals surface area contributed by atoms with Crippen LogP contribution in [0.1, 0.15) is 11.1 Å². The van der Waals surface area contributed by atoms with Crippen molar-refractivity contribution < 1.29 is 0 Å². The number of nitrogens with one attached hydrogen (secondary N) is 1. The van der Waals surface area contributed by atoms with Crippen molar-refractivity contribution in [3.05, 3.63) is 47.5 Å². The molecule has 0 saturated carbocycles.